The Hall–Kier alpha value is -1.23. The van der Waals surface area contributed by atoms with Gasteiger partial charge in [0.15, 0.2) is 0 Å². The Bertz CT molecular complexity index is 633. The fourth-order valence-corrected chi connectivity index (χ4v) is 4.65. The van der Waals surface area contributed by atoms with E-state index < -0.39 is 11.7 Å². The first-order chi connectivity index (χ1) is 13.4. The summed E-state index contributed by atoms with van der Waals surface area (Å²) in [7, 11) is 0. The molecule has 1 atom stereocenters. The van der Waals surface area contributed by atoms with Gasteiger partial charge >= 0.3 is 6.18 Å². The molecule has 0 spiro atoms. The molecule has 1 aliphatic carbocycles. The molecule has 5 heteroatoms. The molecule has 2 nitrogen and oxygen atoms in total. The SMILES string of the molecule is CCCC1CCC(OCc2cc3c(c(C(F)(F)F)c2)OC(CCC)CC3)CC1. The second-order valence-corrected chi connectivity index (χ2v) is 8.44. The van der Waals surface area contributed by atoms with Gasteiger partial charge in [-0.2, -0.15) is 13.2 Å². The Kier molecular flexibility index (Phi) is 7.30. The molecule has 0 saturated heterocycles. The average molecular weight is 399 g/mol. The molecular weight excluding hydrogens is 365 g/mol. The van der Waals surface area contributed by atoms with Gasteiger partial charge in [-0.05, 0) is 74.1 Å². The van der Waals surface area contributed by atoms with Crippen LogP contribution in [-0.2, 0) is 23.9 Å². The van der Waals surface area contributed by atoms with Crippen LogP contribution >= 0.6 is 0 Å². The van der Waals surface area contributed by atoms with Gasteiger partial charge in [0.2, 0.25) is 0 Å². The van der Waals surface area contributed by atoms with Crippen molar-refractivity contribution in [3.8, 4) is 5.75 Å². The fourth-order valence-electron chi connectivity index (χ4n) is 4.65. The van der Waals surface area contributed by atoms with Gasteiger partial charge in [-0.25, -0.2) is 0 Å². The number of aryl methyl sites for hydroxylation is 1. The predicted octanol–water partition coefficient (Wildman–Crippen LogP) is 7.07. The van der Waals surface area contributed by atoms with Crippen molar-refractivity contribution in [2.75, 3.05) is 0 Å². The second-order valence-electron chi connectivity index (χ2n) is 8.44. The minimum Gasteiger partial charge on any atom is -0.489 e. The first kappa shape index (κ1) is 21.5. The van der Waals surface area contributed by atoms with Crippen LogP contribution in [0.3, 0.4) is 0 Å². The van der Waals surface area contributed by atoms with Gasteiger partial charge in [0.1, 0.15) is 5.75 Å². The minimum atomic E-state index is -4.41. The third kappa shape index (κ3) is 5.43. The van der Waals surface area contributed by atoms with Crippen molar-refractivity contribution in [3.63, 3.8) is 0 Å². The maximum atomic E-state index is 13.7. The van der Waals surface area contributed by atoms with Crippen LogP contribution in [0.25, 0.3) is 0 Å². The van der Waals surface area contributed by atoms with E-state index in [-0.39, 0.29) is 24.6 Å². The molecule has 158 valence electrons. The largest absolute Gasteiger partial charge is 0.489 e. The Morgan fingerprint density at radius 2 is 1.71 bits per heavy atom. The Morgan fingerprint density at radius 1 is 1.00 bits per heavy atom. The molecule has 1 unspecified atom stereocenters. The number of fused-ring (bicyclic) bond motifs is 1. The lowest BCUT2D eigenvalue weighted by molar-refractivity contribution is -0.139. The van der Waals surface area contributed by atoms with E-state index in [9.17, 15) is 13.2 Å². The molecule has 1 heterocycles. The van der Waals surface area contributed by atoms with Crippen LogP contribution in [0.1, 0.15) is 88.3 Å². The highest BCUT2D eigenvalue weighted by Gasteiger charge is 2.38. The van der Waals surface area contributed by atoms with Crippen LogP contribution < -0.4 is 4.74 Å². The number of rotatable bonds is 7. The van der Waals surface area contributed by atoms with Crippen LogP contribution in [0.15, 0.2) is 12.1 Å². The smallest absolute Gasteiger partial charge is 0.419 e. The Labute approximate surface area is 166 Å². The van der Waals surface area contributed by atoms with Gasteiger partial charge in [-0.1, -0.05) is 33.1 Å². The lowest BCUT2D eigenvalue weighted by atomic mass is 9.85. The summed E-state index contributed by atoms with van der Waals surface area (Å²) in [6.07, 6.45) is 5.63. The molecule has 0 bridgehead atoms. The quantitative estimate of drug-likeness (QED) is 0.489. The van der Waals surface area contributed by atoms with E-state index in [4.69, 9.17) is 9.47 Å². The normalized spacial score (nSPS) is 25.2. The summed E-state index contributed by atoms with van der Waals surface area (Å²) in [5, 5.41) is 0. The zero-order valence-electron chi connectivity index (χ0n) is 17.1. The van der Waals surface area contributed by atoms with Crippen molar-refractivity contribution < 1.29 is 22.6 Å². The summed E-state index contributed by atoms with van der Waals surface area (Å²) in [5.74, 6) is 0.833. The van der Waals surface area contributed by atoms with Gasteiger partial charge in [0.25, 0.3) is 0 Å². The molecule has 1 fully saturated rings. The summed E-state index contributed by atoms with van der Waals surface area (Å²) in [6.45, 7) is 4.49. The van der Waals surface area contributed by atoms with Gasteiger partial charge < -0.3 is 9.47 Å². The molecule has 3 rings (SSSR count). The monoisotopic (exact) mass is 398 g/mol. The van der Waals surface area contributed by atoms with Gasteiger partial charge in [-0.15, -0.1) is 0 Å². The van der Waals surface area contributed by atoms with Crippen molar-refractivity contribution >= 4 is 0 Å². The number of alkyl halides is 3. The molecule has 1 aromatic rings. The van der Waals surface area contributed by atoms with Crippen molar-refractivity contribution in [1.82, 2.24) is 0 Å². The maximum absolute atomic E-state index is 13.7. The number of hydrogen-bond acceptors (Lipinski definition) is 2. The number of hydrogen-bond donors (Lipinski definition) is 0. The Morgan fingerprint density at radius 3 is 2.36 bits per heavy atom. The zero-order valence-corrected chi connectivity index (χ0v) is 17.1. The van der Waals surface area contributed by atoms with E-state index >= 15 is 0 Å². The molecule has 0 N–H and O–H groups in total. The van der Waals surface area contributed by atoms with Crippen molar-refractivity contribution in [3.05, 3.63) is 28.8 Å². The number of benzene rings is 1. The van der Waals surface area contributed by atoms with Crippen LogP contribution in [-0.4, -0.2) is 12.2 Å². The molecule has 2 aliphatic rings. The van der Waals surface area contributed by atoms with E-state index in [1.807, 2.05) is 13.0 Å². The number of halogens is 3. The topological polar surface area (TPSA) is 18.5 Å². The van der Waals surface area contributed by atoms with E-state index in [0.717, 1.165) is 38.0 Å². The predicted molar refractivity (Wildman–Crippen MR) is 105 cm³/mol. The lowest BCUT2D eigenvalue weighted by Crippen LogP contribution is -2.25. The molecule has 1 aliphatic heterocycles. The molecule has 28 heavy (non-hydrogen) atoms. The highest BCUT2D eigenvalue weighted by atomic mass is 19.4. The van der Waals surface area contributed by atoms with E-state index in [1.165, 1.54) is 31.7 Å². The van der Waals surface area contributed by atoms with Crippen LogP contribution in [0, 0.1) is 5.92 Å². The van der Waals surface area contributed by atoms with Crippen molar-refractivity contribution in [2.24, 2.45) is 5.92 Å². The van der Waals surface area contributed by atoms with Crippen LogP contribution in [0.5, 0.6) is 5.75 Å². The second kappa shape index (κ2) is 9.51. The fraction of sp³-hybridized carbons (Fsp3) is 0.739. The van der Waals surface area contributed by atoms with Crippen LogP contribution in [0.4, 0.5) is 13.2 Å². The summed E-state index contributed by atoms with van der Waals surface area (Å²) in [4.78, 5) is 0. The zero-order chi connectivity index (χ0) is 20.1. The first-order valence-corrected chi connectivity index (χ1v) is 10.9. The maximum Gasteiger partial charge on any atom is 0.419 e. The molecule has 0 aromatic heterocycles. The van der Waals surface area contributed by atoms with Gasteiger partial charge in [0.05, 0.1) is 24.4 Å². The van der Waals surface area contributed by atoms with E-state index in [0.29, 0.717) is 17.5 Å². The van der Waals surface area contributed by atoms with Crippen molar-refractivity contribution in [1.29, 1.82) is 0 Å². The average Bonchev–Trinajstić information content (AvgIpc) is 2.66. The summed E-state index contributed by atoms with van der Waals surface area (Å²) < 4.78 is 52.7. The highest BCUT2D eigenvalue weighted by molar-refractivity contribution is 5.47. The highest BCUT2D eigenvalue weighted by Crippen LogP contribution is 2.43. The third-order valence-electron chi connectivity index (χ3n) is 6.14. The molecular formula is C23H33F3O2. The summed E-state index contributed by atoms with van der Waals surface area (Å²) >= 11 is 0. The van der Waals surface area contributed by atoms with Gasteiger partial charge in [0, 0.05) is 0 Å². The molecule has 1 saturated carbocycles. The molecule has 1 aromatic carbocycles. The first-order valence-electron chi connectivity index (χ1n) is 10.9. The summed E-state index contributed by atoms with van der Waals surface area (Å²) in [5.41, 5.74) is 0.641. The lowest BCUT2D eigenvalue weighted by Gasteiger charge is -2.30. The minimum absolute atomic E-state index is 0.0426. The standard InChI is InChI=1S/C23H33F3O2/c1-3-5-16-7-10-19(11-8-16)27-15-17-13-18-9-12-20(6-4-2)28-22(18)21(14-17)23(24,25)26/h13-14,16,19-20H,3-12,15H2,1-2H3. The van der Waals surface area contributed by atoms with E-state index in [1.54, 1.807) is 0 Å². The number of ether oxygens (including phenoxy) is 2. The molecule has 0 radical (unpaired) electrons. The van der Waals surface area contributed by atoms with Gasteiger partial charge in [-0.3, -0.25) is 0 Å². The Balaban J connectivity index is 1.68. The van der Waals surface area contributed by atoms with Crippen LogP contribution in [0.2, 0.25) is 0 Å². The molecule has 0 amide bonds. The van der Waals surface area contributed by atoms with Crippen molar-refractivity contribution in [2.45, 2.75) is 103 Å². The summed E-state index contributed by atoms with van der Waals surface area (Å²) in [6, 6.07) is 3.09. The third-order valence-corrected chi connectivity index (χ3v) is 6.14. The van der Waals surface area contributed by atoms with E-state index in [2.05, 4.69) is 6.92 Å².